The molecule has 0 bridgehead atoms. The fraction of sp³-hybridized carbons (Fsp3) is 1.00. The maximum Gasteiger partial charge on any atom is 0.460 e. The summed E-state index contributed by atoms with van der Waals surface area (Å²) in [7, 11) is -6.76. The van der Waals surface area contributed by atoms with Gasteiger partial charge in [-0.2, -0.15) is 59.7 Å². The van der Waals surface area contributed by atoms with E-state index in [2.05, 4.69) is 4.18 Å². The minimum atomic E-state index is -7.28. The summed E-state index contributed by atoms with van der Waals surface area (Å²) in [5.74, 6) is -14.1. The van der Waals surface area contributed by atoms with Crippen molar-refractivity contribution < 1.29 is 52.1 Å². The summed E-state index contributed by atoms with van der Waals surface area (Å²) in [5, 5.41) is -6.79. The van der Waals surface area contributed by atoms with E-state index in [0.29, 0.717) is 17.5 Å². The third-order valence-electron chi connectivity index (χ3n) is 2.45. The van der Waals surface area contributed by atoms with Crippen molar-refractivity contribution in [2.75, 3.05) is 17.3 Å². The second-order valence-electron chi connectivity index (χ2n) is 4.09. The summed E-state index contributed by atoms with van der Waals surface area (Å²) in [6.45, 7) is 0. The van der Waals surface area contributed by atoms with E-state index in [1.165, 1.54) is 0 Å². The molecule has 1 heterocycles. The van der Waals surface area contributed by atoms with Gasteiger partial charge < -0.3 is 0 Å². The van der Waals surface area contributed by atoms with Crippen LogP contribution in [-0.2, 0) is 14.3 Å². The van der Waals surface area contributed by atoms with E-state index >= 15 is 0 Å². The van der Waals surface area contributed by atoms with Crippen LogP contribution in [0.2, 0.25) is 0 Å². The molecular weight excluding hydrogens is 411 g/mol. The van der Waals surface area contributed by atoms with Crippen molar-refractivity contribution in [1.82, 2.24) is 0 Å². The molecule has 0 aromatic heterocycles. The monoisotopic (exact) mass is 418 g/mol. The van der Waals surface area contributed by atoms with Gasteiger partial charge in [-0.3, -0.25) is 4.18 Å². The zero-order chi connectivity index (χ0) is 18.3. The Morgan fingerprint density at radius 2 is 1.39 bits per heavy atom. The number of alkyl halides is 9. The van der Waals surface area contributed by atoms with Gasteiger partial charge in [0.25, 0.3) is 0 Å². The maximum absolute atomic E-state index is 13.3. The number of hydrogen-bond acceptors (Lipinski definition) is 5. The van der Waals surface area contributed by atoms with E-state index in [0.717, 1.165) is 11.8 Å². The van der Waals surface area contributed by atoms with Gasteiger partial charge in [0, 0.05) is 17.3 Å². The smallest absolute Gasteiger partial charge is 0.250 e. The zero-order valence-corrected chi connectivity index (χ0v) is 13.0. The Hall–Kier alpha value is -0.0200. The van der Waals surface area contributed by atoms with Crippen LogP contribution in [0, 0.1) is 0 Å². The van der Waals surface area contributed by atoms with Gasteiger partial charge in [0.15, 0.2) is 0 Å². The SMILES string of the molecule is O=S(=O)(OC1CSCCS1)C(F)(F)C(F)(F)C(F)(F)C(F)(F)F. The summed E-state index contributed by atoms with van der Waals surface area (Å²) in [5.41, 5.74) is -1.60. The minimum absolute atomic E-state index is 0.186. The molecule has 3 nitrogen and oxygen atoms in total. The first kappa shape index (κ1) is 21.0. The van der Waals surface area contributed by atoms with Crippen LogP contribution in [0.3, 0.4) is 0 Å². The quantitative estimate of drug-likeness (QED) is 0.505. The normalized spacial score (nSPS) is 22.2. The van der Waals surface area contributed by atoms with Crippen LogP contribution < -0.4 is 0 Å². The molecule has 0 aliphatic carbocycles. The van der Waals surface area contributed by atoms with Crippen molar-refractivity contribution in [3.05, 3.63) is 0 Å². The highest BCUT2D eigenvalue weighted by Crippen LogP contribution is 2.55. The molecular formula is C8H7F9O3S3. The Kier molecular flexibility index (Phi) is 5.82. The first-order valence-corrected chi connectivity index (χ1v) is 9.01. The first-order chi connectivity index (χ1) is 10.1. The molecule has 0 aromatic carbocycles. The van der Waals surface area contributed by atoms with Crippen LogP contribution >= 0.6 is 23.5 Å². The summed E-state index contributed by atoms with van der Waals surface area (Å²) in [4.78, 5) is 0. The highest BCUT2D eigenvalue weighted by Gasteiger charge is 2.85. The molecule has 1 atom stereocenters. The molecule has 0 aromatic rings. The van der Waals surface area contributed by atoms with Crippen molar-refractivity contribution in [1.29, 1.82) is 0 Å². The molecule has 0 amide bonds. The van der Waals surface area contributed by atoms with Crippen molar-refractivity contribution in [2.45, 2.75) is 28.7 Å². The van der Waals surface area contributed by atoms with Gasteiger partial charge in [-0.05, 0) is 0 Å². The lowest BCUT2D eigenvalue weighted by atomic mass is 10.1. The molecule has 23 heavy (non-hydrogen) atoms. The summed E-state index contributed by atoms with van der Waals surface area (Å²) in [6, 6.07) is 0. The van der Waals surface area contributed by atoms with E-state index < -0.39 is 38.8 Å². The summed E-state index contributed by atoms with van der Waals surface area (Å²) in [6.07, 6.45) is -7.09. The van der Waals surface area contributed by atoms with Crippen molar-refractivity contribution >= 4 is 33.6 Å². The van der Waals surface area contributed by atoms with Gasteiger partial charge in [0.1, 0.15) is 5.44 Å². The van der Waals surface area contributed by atoms with Crippen LogP contribution in [-0.4, -0.2) is 54.4 Å². The van der Waals surface area contributed by atoms with E-state index in [1.54, 1.807) is 0 Å². The van der Waals surface area contributed by atoms with Gasteiger partial charge in [-0.1, -0.05) is 0 Å². The van der Waals surface area contributed by atoms with Crippen molar-refractivity contribution in [3.63, 3.8) is 0 Å². The molecule has 1 aliphatic heterocycles. The second-order valence-corrected chi connectivity index (χ2v) is 8.12. The van der Waals surface area contributed by atoms with Crippen LogP contribution in [0.1, 0.15) is 0 Å². The third-order valence-corrected chi connectivity index (χ3v) is 6.52. The molecule has 15 heteroatoms. The molecule has 1 aliphatic rings. The molecule has 1 unspecified atom stereocenters. The fourth-order valence-electron chi connectivity index (χ4n) is 1.24. The Bertz CT molecular complexity index is 525. The van der Waals surface area contributed by atoms with E-state index in [4.69, 9.17) is 0 Å². The maximum atomic E-state index is 13.3. The summed E-state index contributed by atoms with van der Waals surface area (Å²) >= 11 is 1.62. The van der Waals surface area contributed by atoms with Crippen LogP contribution in [0.5, 0.6) is 0 Å². The molecule has 0 N–H and O–H groups in total. The van der Waals surface area contributed by atoms with Crippen LogP contribution in [0.4, 0.5) is 39.5 Å². The first-order valence-electron chi connectivity index (χ1n) is 5.40. The molecule has 0 spiro atoms. The molecule has 1 saturated heterocycles. The van der Waals surface area contributed by atoms with Gasteiger partial charge in [-0.25, -0.2) is 0 Å². The highest BCUT2D eigenvalue weighted by molar-refractivity contribution is 8.06. The van der Waals surface area contributed by atoms with Gasteiger partial charge >= 0.3 is 33.4 Å². The van der Waals surface area contributed by atoms with Crippen LogP contribution in [0.15, 0.2) is 0 Å². The van der Waals surface area contributed by atoms with E-state index in [9.17, 15) is 47.9 Å². The lowest BCUT2D eigenvalue weighted by Crippen LogP contribution is -2.63. The molecule has 0 radical (unpaired) electrons. The van der Waals surface area contributed by atoms with Crippen LogP contribution in [0.25, 0.3) is 0 Å². The van der Waals surface area contributed by atoms with Gasteiger partial charge in [-0.15, -0.1) is 11.8 Å². The Labute approximate surface area is 132 Å². The topological polar surface area (TPSA) is 43.4 Å². The average Bonchev–Trinajstić information content (AvgIpc) is 2.37. The Balaban J connectivity index is 3.16. The fourth-order valence-corrected chi connectivity index (χ4v) is 4.99. The lowest BCUT2D eigenvalue weighted by molar-refractivity contribution is -0.382. The summed E-state index contributed by atoms with van der Waals surface area (Å²) < 4.78 is 140. The number of rotatable bonds is 5. The van der Waals surface area contributed by atoms with E-state index in [1.807, 2.05) is 0 Å². The third kappa shape index (κ3) is 3.66. The average molecular weight is 418 g/mol. The molecule has 0 saturated carbocycles. The Morgan fingerprint density at radius 3 is 1.78 bits per heavy atom. The molecule has 1 fully saturated rings. The Morgan fingerprint density at radius 1 is 0.870 bits per heavy atom. The van der Waals surface area contributed by atoms with Crippen molar-refractivity contribution in [2.24, 2.45) is 0 Å². The predicted octanol–water partition coefficient (Wildman–Crippen LogP) is 3.56. The molecule has 1 rings (SSSR count). The van der Waals surface area contributed by atoms with E-state index in [-0.39, 0.29) is 11.5 Å². The highest BCUT2D eigenvalue weighted by atomic mass is 32.2. The molecule has 138 valence electrons. The number of thioether (sulfide) groups is 2. The number of halogens is 9. The predicted molar refractivity (Wildman–Crippen MR) is 64.5 cm³/mol. The van der Waals surface area contributed by atoms with Crippen molar-refractivity contribution in [3.8, 4) is 0 Å². The van der Waals surface area contributed by atoms with Gasteiger partial charge in [0.2, 0.25) is 0 Å². The van der Waals surface area contributed by atoms with Gasteiger partial charge in [0.05, 0.1) is 0 Å². The number of hydrogen-bond donors (Lipinski definition) is 0. The zero-order valence-electron chi connectivity index (χ0n) is 10.5. The standard InChI is InChI=1S/C8H7F9O3S3/c9-5(10,7(13,14)15)6(11,12)8(16,17)23(18,19)20-4-3-21-1-2-22-4/h4H,1-3H2. The second kappa shape index (κ2) is 6.37. The largest absolute Gasteiger partial charge is 0.460 e. The lowest BCUT2D eigenvalue weighted by Gasteiger charge is -2.33. The minimum Gasteiger partial charge on any atom is -0.250 e.